The van der Waals surface area contributed by atoms with Crippen molar-refractivity contribution in [2.45, 2.75) is 26.4 Å². The third-order valence-corrected chi connectivity index (χ3v) is 3.33. The van der Waals surface area contributed by atoms with E-state index in [1.165, 1.54) is 4.90 Å². The Bertz CT molecular complexity index is 518. The first-order valence-electron chi connectivity index (χ1n) is 6.67. The number of carboxylic acids is 1. The lowest BCUT2D eigenvalue weighted by Crippen LogP contribution is -2.50. The number of nitrogens with zero attached hydrogens (tertiary/aromatic N) is 3. The molecular weight excluding hydrogens is 280 g/mol. The van der Waals surface area contributed by atoms with Gasteiger partial charge in [0.05, 0.1) is 25.8 Å². The Morgan fingerprint density at radius 1 is 1.48 bits per heavy atom. The van der Waals surface area contributed by atoms with Crippen LogP contribution >= 0.6 is 0 Å². The number of carboxylic acid groups (broad SMARTS) is 1. The topological polar surface area (TPSA) is 118 Å². The Morgan fingerprint density at radius 3 is 2.81 bits per heavy atom. The summed E-state index contributed by atoms with van der Waals surface area (Å²) in [7, 11) is 0. The Labute approximate surface area is 121 Å². The third-order valence-electron chi connectivity index (χ3n) is 3.33. The number of amides is 2. The summed E-state index contributed by atoms with van der Waals surface area (Å²) in [5.41, 5.74) is 0. The SMILES string of the molecule is CCN(C(=O)NCc1nc(C)no1)C1COCC1C(=O)O. The minimum absolute atomic E-state index is 0.0987. The molecule has 0 spiro atoms. The maximum Gasteiger partial charge on any atom is 0.318 e. The smallest absolute Gasteiger partial charge is 0.318 e. The van der Waals surface area contributed by atoms with Gasteiger partial charge in [-0.25, -0.2) is 4.79 Å². The Morgan fingerprint density at radius 2 is 2.24 bits per heavy atom. The molecule has 2 amide bonds. The van der Waals surface area contributed by atoms with E-state index in [0.29, 0.717) is 18.3 Å². The summed E-state index contributed by atoms with van der Waals surface area (Å²) in [5, 5.41) is 15.4. The molecule has 1 aromatic heterocycles. The monoisotopic (exact) mass is 298 g/mol. The van der Waals surface area contributed by atoms with Gasteiger partial charge < -0.3 is 24.6 Å². The normalized spacial score (nSPS) is 21.2. The van der Waals surface area contributed by atoms with Crippen LogP contribution in [0.3, 0.4) is 0 Å². The number of aromatic nitrogens is 2. The number of likely N-dealkylation sites (N-methyl/N-ethyl adjacent to an activating group) is 1. The summed E-state index contributed by atoms with van der Waals surface area (Å²) in [5.74, 6) is -0.881. The molecule has 2 rings (SSSR count). The molecule has 1 aliphatic heterocycles. The number of hydrogen-bond donors (Lipinski definition) is 2. The highest BCUT2D eigenvalue weighted by Crippen LogP contribution is 2.20. The van der Waals surface area contributed by atoms with E-state index < -0.39 is 17.9 Å². The van der Waals surface area contributed by atoms with E-state index in [4.69, 9.17) is 14.4 Å². The molecule has 0 aliphatic carbocycles. The predicted octanol–water partition coefficient (Wildman–Crippen LogP) is 0.00912. The number of aryl methyl sites for hydroxylation is 1. The highest BCUT2D eigenvalue weighted by Gasteiger charge is 2.39. The Balaban J connectivity index is 1.96. The standard InChI is InChI=1S/C12H18N4O5/c1-3-16(9-6-20-5-8(9)11(17)18)12(19)13-4-10-14-7(2)15-21-10/h8-9H,3-6H2,1-2H3,(H,13,19)(H,17,18). The first kappa shape index (κ1) is 15.2. The average Bonchev–Trinajstić information content (AvgIpc) is 3.06. The van der Waals surface area contributed by atoms with Gasteiger partial charge in [-0.15, -0.1) is 0 Å². The highest BCUT2D eigenvalue weighted by atomic mass is 16.5. The number of rotatable bonds is 5. The summed E-state index contributed by atoms with van der Waals surface area (Å²) in [6, 6.07) is -0.855. The van der Waals surface area contributed by atoms with Gasteiger partial charge >= 0.3 is 12.0 Å². The van der Waals surface area contributed by atoms with Crippen LogP contribution in [0.15, 0.2) is 4.52 Å². The van der Waals surface area contributed by atoms with Crippen molar-refractivity contribution in [2.75, 3.05) is 19.8 Å². The molecule has 1 fully saturated rings. The van der Waals surface area contributed by atoms with Gasteiger partial charge in [0.1, 0.15) is 5.92 Å². The van der Waals surface area contributed by atoms with Gasteiger partial charge in [-0.3, -0.25) is 4.79 Å². The van der Waals surface area contributed by atoms with Gasteiger partial charge in [0.2, 0.25) is 5.89 Å². The largest absolute Gasteiger partial charge is 0.481 e. The molecule has 2 N–H and O–H groups in total. The summed E-state index contributed by atoms with van der Waals surface area (Å²) in [4.78, 5) is 28.8. The third kappa shape index (κ3) is 3.48. The van der Waals surface area contributed by atoms with Gasteiger partial charge in [-0.05, 0) is 13.8 Å². The first-order valence-corrected chi connectivity index (χ1v) is 6.67. The number of hydrogen-bond acceptors (Lipinski definition) is 6. The lowest BCUT2D eigenvalue weighted by molar-refractivity contribution is -0.142. The number of aliphatic carboxylic acids is 1. The van der Waals surface area contributed by atoms with E-state index in [1.807, 2.05) is 0 Å². The number of nitrogens with one attached hydrogen (secondary N) is 1. The first-order chi connectivity index (χ1) is 10.0. The van der Waals surface area contributed by atoms with Crippen molar-refractivity contribution >= 4 is 12.0 Å². The Hall–Kier alpha value is -2.16. The van der Waals surface area contributed by atoms with Gasteiger partial charge in [0, 0.05) is 6.54 Å². The fraction of sp³-hybridized carbons (Fsp3) is 0.667. The molecule has 9 heteroatoms. The van der Waals surface area contributed by atoms with Crippen LogP contribution in [0.4, 0.5) is 4.79 Å². The average molecular weight is 298 g/mol. The summed E-state index contributed by atoms with van der Waals surface area (Å²) in [6.45, 7) is 4.28. The van der Waals surface area contributed by atoms with E-state index >= 15 is 0 Å². The van der Waals surface area contributed by atoms with Crippen molar-refractivity contribution in [1.82, 2.24) is 20.4 Å². The van der Waals surface area contributed by atoms with Crippen molar-refractivity contribution in [3.63, 3.8) is 0 Å². The van der Waals surface area contributed by atoms with Gasteiger partial charge in [-0.2, -0.15) is 4.98 Å². The van der Waals surface area contributed by atoms with Crippen molar-refractivity contribution < 1.29 is 24.0 Å². The fourth-order valence-corrected chi connectivity index (χ4v) is 2.28. The maximum absolute atomic E-state index is 12.2. The zero-order chi connectivity index (χ0) is 15.4. The molecule has 0 aromatic carbocycles. The molecule has 0 radical (unpaired) electrons. The number of urea groups is 1. The second kappa shape index (κ2) is 6.53. The Kier molecular flexibility index (Phi) is 4.73. The lowest BCUT2D eigenvalue weighted by Gasteiger charge is -2.29. The second-order valence-corrected chi connectivity index (χ2v) is 4.73. The number of ether oxygens (including phenoxy) is 1. The number of carbonyl (C=O) groups is 2. The fourth-order valence-electron chi connectivity index (χ4n) is 2.28. The van der Waals surface area contributed by atoms with Crippen LogP contribution in [0.1, 0.15) is 18.6 Å². The molecular formula is C12H18N4O5. The minimum atomic E-state index is -0.962. The van der Waals surface area contributed by atoms with E-state index in [9.17, 15) is 9.59 Å². The lowest BCUT2D eigenvalue weighted by atomic mass is 10.0. The quantitative estimate of drug-likeness (QED) is 0.786. The molecule has 21 heavy (non-hydrogen) atoms. The zero-order valence-electron chi connectivity index (χ0n) is 11.9. The van der Waals surface area contributed by atoms with Crippen LogP contribution in [0.25, 0.3) is 0 Å². The zero-order valence-corrected chi connectivity index (χ0v) is 11.9. The number of carbonyl (C=O) groups excluding carboxylic acids is 1. The molecule has 116 valence electrons. The van der Waals surface area contributed by atoms with Crippen LogP contribution in [-0.4, -0.2) is 57.9 Å². The van der Waals surface area contributed by atoms with E-state index in [-0.39, 0.29) is 25.8 Å². The minimum Gasteiger partial charge on any atom is -0.481 e. The van der Waals surface area contributed by atoms with Gasteiger partial charge in [-0.1, -0.05) is 5.16 Å². The van der Waals surface area contributed by atoms with Gasteiger partial charge in [0.15, 0.2) is 5.82 Å². The molecule has 9 nitrogen and oxygen atoms in total. The molecule has 2 heterocycles. The van der Waals surface area contributed by atoms with Crippen molar-refractivity contribution in [3.05, 3.63) is 11.7 Å². The molecule has 0 saturated carbocycles. The van der Waals surface area contributed by atoms with Gasteiger partial charge in [0.25, 0.3) is 0 Å². The molecule has 1 saturated heterocycles. The summed E-state index contributed by atoms with van der Waals surface area (Å²) in [6.07, 6.45) is 0. The van der Waals surface area contributed by atoms with Crippen molar-refractivity contribution in [2.24, 2.45) is 5.92 Å². The summed E-state index contributed by atoms with van der Waals surface area (Å²) < 4.78 is 10.1. The second-order valence-electron chi connectivity index (χ2n) is 4.73. The van der Waals surface area contributed by atoms with Crippen LogP contribution in [0.2, 0.25) is 0 Å². The molecule has 0 bridgehead atoms. The predicted molar refractivity (Wildman–Crippen MR) is 69.4 cm³/mol. The van der Waals surface area contributed by atoms with E-state index in [1.54, 1.807) is 13.8 Å². The van der Waals surface area contributed by atoms with Crippen molar-refractivity contribution in [3.8, 4) is 0 Å². The molecule has 2 atom stereocenters. The van der Waals surface area contributed by atoms with Crippen LogP contribution in [0.5, 0.6) is 0 Å². The maximum atomic E-state index is 12.2. The molecule has 1 aliphatic rings. The van der Waals surface area contributed by atoms with Crippen LogP contribution in [-0.2, 0) is 16.1 Å². The van der Waals surface area contributed by atoms with Crippen LogP contribution in [0, 0.1) is 12.8 Å². The summed E-state index contributed by atoms with van der Waals surface area (Å²) >= 11 is 0. The van der Waals surface area contributed by atoms with E-state index in [0.717, 1.165) is 0 Å². The molecule has 1 aromatic rings. The molecule has 2 unspecified atom stereocenters. The van der Waals surface area contributed by atoms with Crippen molar-refractivity contribution in [1.29, 1.82) is 0 Å². The van der Waals surface area contributed by atoms with Crippen LogP contribution < -0.4 is 5.32 Å². The van der Waals surface area contributed by atoms with E-state index in [2.05, 4.69) is 15.5 Å². The highest BCUT2D eigenvalue weighted by molar-refractivity contribution is 5.77.